The number of carbonyl (C=O) groups excluding carboxylic acids is 2. The number of benzene rings is 3. The van der Waals surface area contributed by atoms with E-state index >= 15 is 0 Å². The number of aryl methyl sites for hydroxylation is 1. The third-order valence-corrected chi connectivity index (χ3v) is 6.66. The van der Waals surface area contributed by atoms with Gasteiger partial charge in [-0.3, -0.25) is 9.59 Å². The molecule has 0 aliphatic carbocycles. The van der Waals surface area contributed by atoms with Crippen LogP contribution in [0.1, 0.15) is 49.3 Å². The van der Waals surface area contributed by atoms with Crippen LogP contribution in [0, 0.1) is 0 Å². The summed E-state index contributed by atoms with van der Waals surface area (Å²) in [6.45, 7) is 4.88. The number of hydrogen-bond donors (Lipinski definition) is 1. The minimum atomic E-state index is -0.154. The van der Waals surface area contributed by atoms with Gasteiger partial charge in [0.2, 0.25) is 5.91 Å². The van der Waals surface area contributed by atoms with Crippen LogP contribution in [0.2, 0.25) is 5.02 Å². The number of aromatic nitrogens is 2. The molecule has 0 aliphatic heterocycles. The first-order chi connectivity index (χ1) is 18.0. The summed E-state index contributed by atoms with van der Waals surface area (Å²) in [7, 11) is 0. The van der Waals surface area contributed by atoms with Crippen LogP contribution in [0.25, 0.3) is 11.0 Å². The quantitative estimate of drug-likeness (QED) is 0.239. The number of nitrogens with zero attached hydrogens (tertiary/aromatic N) is 3. The monoisotopic (exact) mass is 516 g/mol. The number of carbonyl (C=O) groups is 2. The summed E-state index contributed by atoms with van der Waals surface area (Å²) in [6.07, 6.45) is 3.45. The average Bonchev–Trinajstić information content (AvgIpc) is 3.23. The number of rotatable bonds is 11. The van der Waals surface area contributed by atoms with Crippen molar-refractivity contribution < 1.29 is 9.59 Å². The Balaban J connectivity index is 1.38. The van der Waals surface area contributed by atoms with E-state index in [1.54, 1.807) is 18.2 Å². The van der Waals surface area contributed by atoms with Crippen LogP contribution in [0.5, 0.6) is 0 Å². The normalized spacial score (nSPS) is 11.1. The van der Waals surface area contributed by atoms with Gasteiger partial charge < -0.3 is 14.8 Å². The number of anilines is 1. The lowest BCUT2D eigenvalue weighted by atomic mass is 10.1. The highest BCUT2D eigenvalue weighted by atomic mass is 35.5. The number of imidazole rings is 1. The van der Waals surface area contributed by atoms with Gasteiger partial charge in [0.25, 0.3) is 5.91 Å². The predicted octanol–water partition coefficient (Wildman–Crippen LogP) is 6.27. The number of hydrogen-bond acceptors (Lipinski definition) is 3. The van der Waals surface area contributed by atoms with Gasteiger partial charge in [-0.15, -0.1) is 0 Å². The summed E-state index contributed by atoms with van der Waals surface area (Å²) in [5.74, 6) is 0.790. The van der Waals surface area contributed by atoms with Crippen molar-refractivity contribution in [3.63, 3.8) is 0 Å². The van der Waals surface area contributed by atoms with Crippen LogP contribution in [-0.2, 0) is 17.8 Å². The van der Waals surface area contributed by atoms with Crippen molar-refractivity contribution in [3.8, 4) is 0 Å². The van der Waals surface area contributed by atoms with Gasteiger partial charge in [0, 0.05) is 24.7 Å². The van der Waals surface area contributed by atoms with E-state index in [1.807, 2.05) is 79.4 Å². The molecule has 0 spiro atoms. The molecule has 1 heterocycles. The second kappa shape index (κ2) is 12.5. The maximum absolute atomic E-state index is 13.5. The van der Waals surface area contributed by atoms with Crippen LogP contribution in [0.3, 0.4) is 0 Å². The predicted molar refractivity (Wildman–Crippen MR) is 150 cm³/mol. The SMILES string of the molecule is CC(C)N(C(=O)Cn1c(CCCCCNC(=O)c2ccccc2Cl)nc2ccccc21)c1ccccc1. The Labute approximate surface area is 223 Å². The Bertz CT molecular complexity index is 1350. The molecule has 0 fully saturated rings. The van der Waals surface area contributed by atoms with Gasteiger partial charge in [0.1, 0.15) is 12.4 Å². The average molecular weight is 517 g/mol. The number of unbranched alkanes of at least 4 members (excludes halogenated alkanes) is 2. The molecule has 0 radical (unpaired) electrons. The van der Waals surface area contributed by atoms with Crippen LogP contribution in [0.4, 0.5) is 5.69 Å². The first-order valence-electron chi connectivity index (χ1n) is 12.8. The van der Waals surface area contributed by atoms with Crippen LogP contribution >= 0.6 is 11.6 Å². The van der Waals surface area contributed by atoms with E-state index in [0.717, 1.165) is 48.2 Å². The molecule has 0 aliphatic rings. The summed E-state index contributed by atoms with van der Waals surface area (Å²) in [5.41, 5.74) is 3.25. The molecule has 0 bridgehead atoms. The van der Waals surface area contributed by atoms with Gasteiger partial charge in [0.15, 0.2) is 0 Å². The maximum atomic E-state index is 13.5. The van der Waals surface area contributed by atoms with Gasteiger partial charge in [-0.05, 0) is 63.1 Å². The smallest absolute Gasteiger partial charge is 0.252 e. The second-order valence-corrected chi connectivity index (χ2v) is 9.75. The lowest BCUT2D eigenvalue weighted by Crippen LogP contribution is -2.39. The second-order valence-electron chi connectivity index (χ2n) is 9.34. The largest absolute Gasteiger partial charge is 0.352 e. The van der Waals surface area contributed by atoms with Crippen molar-refractivity contribution in [1.29, 1.82) is 0 Å². The molecule has 6 nitrogen and oxygen atoms in total. The molecule has 37 heavy (non-hydrogen) atoms. The molecule has 3 aromatic carbocycles. The topological polar surface area (TPSA) is 67.2 Å². The lowest BCUT2D eigenvalue weighted by molar-refractivity contribution is -0.119. The first kappa shape index (κ1) is 26.4. The molecule has 192 valence electrons. The van der Waals surface area contributed by atoms with Gasteiger partial charge >= 0.3 is 0 Å². The fourth-order valence-electron chi connectivity index (χ4n) is 4.55. The lowest BCUT2D eigenvalue weighted by Gasteiger charge is -2.27. The van der Waals surface area contributed by atoms with Crippen LogP contribution in [0.15, 0.2) is 78.9 Å². The zero-order chi connectivity index (χ0) is 26.2. The zero-order valence-electron chi connectivity index (χ0n) is 21.4. The number of amides is 2. The molecular weight excluding hydrogens is 484 g/mol. The molecule has 0 saturated carbocycles. The summed E-state index contributed by atoms with van der Waals surface area (Å²) in [6, 6.07) is 24.8. The molecule has 1 aromatic heterocycles. The Morgan fingerprint density at radius 2 is 1.62 bits per heavy atom. The summed E-state index contributed by atoms with van der Waals surface area (Å²) < 4.78 is 2.05. The molecule has 1 N–H and O–H groups in total. The summed E-state index contributed by atoms with van der Waals surface area (Å²) in [5, 5.41) is 3.40. The Morgan fingerprint density at radius 1 is 0.919 bits per heavy atom. The summed E-state index contributed by atoms with van der Waals surface area (Å²) >= 11 is 6.11. The minimum absolute atomic E-state index is 0.0351. The molecule has 4 aromatic rings. The zero-order valence-corrected chi connectivity index (χ0v) is 22.1. The van der Waals surface area contributed by atoms with E-state index in [9.17, 15) is 9.59 Å². The highest BCUT2D eigenvalue weighted by Crippen LogP contribution is 2.21. The van der Waals surface area contributed by atoms with Gasteiger partial charge in [-0.25, -0.2) is 4.98 Å². The van der Waals surface area contributed by atoms with Crippen molar-refractivity contribution in [2.45, 2.75) is 52.1 Å². The number of para-hydroxylation sites is 3. The Kier molecular flexibility index (Phi) is 8.96. The third kappa shape index (κ3) is 6.57. The van der Waals surface area contributed by atoms with E-state index < -0.39 is 0 Å². The minimum Gasteiger partial charge on any atom is -0.352 e. The van der Waals surface area contributed by atoms with Crippen molar-refractivity contribution in [3.05, 3.63) is 95.3 Å². The Hall–Kier alpha value is -3.64. The van der Waals surface area contributed by atoms with Crippen molar-refractivity contribution in [2.24, 2.45) is 0 Å². The number of nitrogens with one attached hydrogen (secondary N) is 1. The van der Waals surface area contributed by atoms with Crippen LogP contribution < -0.4 is 10.2 Å². The van der Waals surface area contributed by atoms with Crippen molar-refractivity contribution >= 4 is 40.1 Å². The number of halogens is 1. The molecule has 0 saturated heterocycles. The van der Waals surface area contributed by atoms with E-state index in [2.05, 4.69) is 9.88 Å². The molecular formula is C30H33ClN4O2. The van der Waals surface area contributed by atoms with E-state index in [-0.39, 0.29) is 24.4 Å². The number of fused-ring (bicyclic) bond motifs is 1. The van der Waals surface area contributed by atoms with Gasteiger partial charge in [-0.1, -0.05) is 60.5 Å². The molecule has 0 unspecified atom stereocenters. The standard InChI is InChI=1S/C30H33ClN4O2/c1-22(2)35(23-13-5-3-6-14-23)29(36)21-34-27-18-11-10-17-26(27)33-28(34)19-7-4-12-20-32-30(37)24-15-8-9-16-25(24)31/h3,5-6,8-11,13-18,22H,4,7,12,19-21H2,1-2H3,(H,32,37). The third-order valence-electron chi connectivity index (χ3n) is 6.33. The van der Waals surface area contributed by atoms with Crippen molar-refractivity contribution in [1.82, 2.24) is 14.9 Å². The fourth-order valence-corrected chi connectivity index (χ4v) is 4.77. The van der Waals surface area contributed by atoms with Crippen LogP contribution in [-0.4, -0.2) is 34.0 Å². The highest BCUT2D eigenvalue weighted by molar-refractivity contribution is 6.33. The van der Waals surface area contributed by atoms with E-state index in [0.29, 0.717) is 17.1 Å². The molecule has 2 amide bonds. The molecule has 0 atom stereocenters. The Morgan fingerprint density at radius 3 is 2.38 bits per heavy atom. The van der Waals surface area contributed by atoms with Crippen molar-refractivity contribution in [2.75, 3.05) is 11.4 Å². The molecule has 7 heteroatoms. The maximum Gasteiger partial charge on any atom is 0.252 e. The summed E-state index contributed by atoms with van der Waals surface area (Å²) in [4.78, 5) is 32.5. The molecule has 4 rings (SSSR count). The fraction of sp³-hybridized carbons (Fsp3) is 0.300. The van der Waals surface area contributed by atoms with Gasteiger partial charge in [-0.2, -0.15) is 0 Å². The van der Waals surface area contributed by atoms with Gasteiger partial charge in [0.05, 0.1) is 21.6 Å². The van der Waals surface area contributed by atoms with E-state index in [4.69, 9.17) is 16.6 Å². The van der Waals surface area contributed by atoms with E-state index in [1.165, 1.54) is 0 Å². The first-order valence-corrected chi connectivity index (χ1v) is 13.2. The highest BCUT2D eigenvalue weighted by Gasteiger charge is 2.21.